The SMILES string of the molecule is CC1COB(C(C)C)SC1. The lowest BCUT2D eigenvalue weighted by Gasteiger charge is -2.26. The van der Waals surface area contributed by atoms with Gasteiger partial charge in [0.1, 0.15) is 0 Å². The van der Waals surface area contributed by atoms with Gasteiger partial charge in [0.2, 0.25) is 0 Å². The summed E-state index contributed by atoms with van der Waals surface area (Å²) in [6.07, 6.45) is 0.455. The van der Waals surface area contributed by atoms with Crippen LogP contribution in [0.1, 0.15) is 20.8 Å². The molecule has 1 rings (SSSR count). The molecule has 1 aliphatic rings. The van der Waals surface area contributed by atoms with Gasteiger partial charge >= 0.3 is 6.19 Å². The van der Waals surface area contributed by atoms with Gasteiger partial charge in [-0.2, -0.15) is 11.6 Å². The summed E-state index contributed by atoms with van der Waals surface area (Å²) >= 11 is 1.96. The molecule has 10 heavy (non-hydrogen) atoms. The lowest BCUT2D eigenvalue weighted by atomic mass is 9.81. The van der Waals surface area contributed by atoms with Crippen LogP contribution in [0.25, 0.3) is 0 Å². The highest BCUT2D eigenvalue weighted by atomic mass is 32.2. The van der Waals surface area contributed by atoms with Crippen LogP contribution in [-0.2, 0) is 4.65 Å². The van der Waals surface area contributed by atoms with Crippen LogP contribution in [0.15, 0.2) is 0 Å². The summed E-state index contributed by atoms with van der Waals surface area (Å²) in [6, 6.07) is 0. The molecule has 1 fully saturated rings. The van der Waals surface area contributed by atoms with Crippen LogP contribution >= 0.6 is 11.6 Å². The van der Waals surface area contributed by atoms with Crippen molar-refractivity contribution in [3.05, 3.63) is 0 Å². The van der Waals surface area contributed by atoms with Crippen LogP contribution in [-0.4, -0.2) is 18.6 Å². The highest BCUT2D eigenvalue weighted by Crippen LogP contribution is 2.27. The van der Waals surface area contributed by atoms with E-state index in [1.165, 1.54) is 5.75 Å². The molecule has 1 atom stereocenters. The van der Waals surface area contributed by atoms with Crippen LogP contribution in [0.3, 0.4) is 0 Å². The maximum Gasteiger partial charge on any atom is 0.364 e. The summed E-state index contributed by atoms with van der Waals surface area (Å²) in [5, 5.41) is 0. The van der Waals surface area contributed by atoms with Gasteiger partial charge < -0.3 is 4.65 Å². The molecule has 1 unspecified atom stereocenters. The summed E-state index contributed by atoms with van der Waals surface area (Å²) in [5.41, 5.74) is 0. The molecule has 0 spiro atoms. The molecule has 0 N–H and O–H groups in total. The standard InChI is InChI=1S/C7H15BOS/c1-6(2)8-9-4-7(3)5-10-8/h6-7H,4-5H2,1-3H3. The second kappa shape index (κ2) is 3.68. The van der Waals surface area contributed by atoms with Crippen molar-refractivity contribution in [1.29, 1.82) is 0 Å². The summed E-state index contributed by atoms with van der Waals surface area (Å²) in [4.78, 5) is 0. The second-order valence-electron chi connectivity index (χ2n) is 3.38. The Labute approximate surface area is 67.9 Å². The van der Waals surface area contributed by atoms with E-state index < -0.39 is 0 Å². The molecule has 0 aliphatic carbocycles. The van der Waals surface area contributed by atoms with Crippen molar-refractivity contribution in [2.24, 2.45) is 5.92 Å². The van der Waals surface area contributed by atoms with Gasteiger partial charge in [0.05, 0.1) is 0 Å². The molecule has 58 valence electrons. The zero-order valence-electron chi connectivity index (χ0n) is 6.96. The first-order valence-electron chi connectivity index (χ1n) is 3.93. The smallest absolute Gasteiger partial charge is 0.364 e. The molecule has 0 aromatic rings. The highest BCUT2D eigenvalue weighted by molar-refractivity contribution is 8.25. The first kappa shape index (κ1) is 8.47. The van der Waals surface area contributed by atoms with E-state index in [1.807, 2.05) is 11.6 Å². The topological polar surface area (TPSA) is 9.23 Å². The van der Waals surface area contributed by atoms with Gasteiger partial charge in [0.15, 0.2) is 0 Å². The van der Waals surface area contributed by atoms with E-state index in [2.05, 4.69) is 20.8 Å². The summed E-state index contributed by atoms with van der Waals surface area (Å²) in [7, 11) is 0. The Morgan fingerprint density at radius 3 is 2.70 bits per heavy atom. The summed E-state index contributed by atoms with van der Waals surface area (Å²) in [5.74, 6) is 2.68. The van der Waals surface area contributed by atoms with Crippen LogP contribution in [0.4, 0.5) is 0 Å². The third-order valence-corrected chi connectivity index (χ3v) is 3.40. The summed E-state index contributed by atoms with van der Waals surface area (Å²) < 4.78 is 5.61. The Kier molecular flexibility index (Phi) is 3.11. The number of rotatable bonds is 1. The quantitative estimate of drug-likeness (QED) is 0.541. The normalized spacial score (nSPS) is 27.6. The monoisotopic (exact) mass is 158 g/mol. The van der Waals surface area contributed by atoms with E-state index >= 15 is 0 Å². The van der Waals surface area contributed by atoms with Gasteiger partial charge in [-0.1, -0.05) is 20.8 Å². The third kappa shape index (κ3) is 2.20. The molecule has 0 aromatic carbocycles. The van der Waals surface area contributed by atoms with Gasteiger partial charge in [0, 0.05) is 6.61 Å². The van der Waals surface area contributed by atoms with Crippen molar-refractivity contribution in [3.63, 3.8) is 0 Å². The van der Waals surface area contributed by atoms with Gasteiger partial charge in [-0.15, -0.1) is 0 Å². The predicted molar refractivity (Wildman–Crippen MR) is 48.4 cm³/mol. The second-order valence-corrected chi connectivity index (χ2v) is 4.52. The first-order chi connectivity index (χ1) is 4.70. The Hall–Kier alpha value is 0.375. The lowest BCUT2D eigenvalue weighted by molar-refractivity contribution is 0.273. The van der Waals surface area contributed by atoms with E-state index in [9.17, 15) is 0 Å². The van der Waals surface area contributed by atoms with Crippen molar-refractivity contribution in [3.8, 4) is 0 Å². The molecule has 1 heterocycles. The molecule has 0 radical (unpaired) electrons. The van der Waals surface area contributed by atoms with Crippen LogP contribution in [0.5, 0.6) is 0 Å². The maximum absolute atomic E-state index is 5.61. The fourth-order valence-corrected chi connectivity index (χ4v) is 2.17. The van der Waals surface area contributed by atoms with E-state index in [1.54, 1.807) is 0 Å². The Morgan fingerprint density at radius 1 is 1.60 bits per heavy atom. The maximum atomic E-state index is 5.61. The molecule has 1 nitrogen and oxygen atoms in total. The van der Waals surface area contributed by atoms with Gasteiger partial charge in [-0.05, 0) is 17.5 Å². The molecule has 0 saturated carbocycles. The molecule has 3 heteroatoms. The van der Waals surface area contributed by atoms with E-state index in [-0.39, 0.29) is 0 Å². The molecule has 0 amide bonds. The van der Waals surface area contributed by atoms with Gasteiger partial charge in [0.25, 0.3) is 0 Å². The first-order valence-corrected chi connectivity index (χ1v) is 4.98. The Balaban J connectivity index is 2.26. The zero-order valence-corrected chi connectivity index (χ0v) is 7.78. The minimum Gasteiger partial charge on any atom is -0.425 e. The molecule has 1 saturated heterocycles. The van der Waals surface area contributed by atoms with Crippen LogP contribution in [0, 0.1) is 5.92 Å². The van der Waals surface area contributed by atoms with Crippen molar-refractivity contribution in [1.82, 2.24) is 0 Å². The summed E-state index contributed by atoms with van der Waals surface area (Å²) in [6.45, 7) is 7.63. The number of hydrogen-bond acceptors (Lipinski definition) is 2. The molecular formula is C7H15BOS. The number of hydrogen-bond donors (Lipinski definition) is 0. The van der Waals surface area contributed by atoms with Crippen LogP contribution in [0.2, 0.25) is 5.82 Å². The fourth-order valence-electron chi connectivity index (χ4n) is 0.999. The predicted octanol–water partition coefficient (Wildman–Crippen LogP) is 2.28. The van der Waals surface area contributed by atoms with E-state index in [0.29, 0.717) is 12.0 Å². The van der Waals surface area contributed by atoms with E-state index in [4.69, 9.17) is 4.65 Å². The van der Waals surface area contributed by atoms with E-state index in [0.717, 1.165) is 12.5 Å². The largest absolute Gasteiger partial charge is 0.425 e. The average molecular weight is 158 g/mol. The highest BCUT2D eigenvalue weighted by Gasteiger charge is 2.26. The van der Waals surface area contributed by atoms with Crippen LogP contribution < -0.4 is 0 Å². The van der Waals surface area contributed by atoms with Gasteiger partial charge in [-0.25, -0.2) is 0 Å². The Bertz CT molecular complexity index is 99.8. The molecule has 0 bridgehead atoms. The van der Waals surface area contributed by atoms with Crippen molar-refractivity contribution >= 4 is 17.8 Å². The van der Waals surface area contributed by atoms with Crippen molar-refractivity contribution in [2.45, 2.75) is 26.6 Å². The minimum atomic E-state index is 0.455. The van der Waals surface area contributed by atoms with Gasteiger partial charge in [-0.3, -0.25) is 0 Å². The minimum absolute atomic E-state index is 0.455. The fraction of sp³-hybridized carbons (Fsp3) is 1.00. The van der Waals surface area contributed by atoms with Crippen molar-refractivity contribution < 1.29 is 4.65 Å². The third-order valence-electron chi connectivity index (χ3n) is 1.63. The van der Waals surface area contributed by atoms with Crippen molar-refractivity contribution in [2.75, 3.05) is 12.4 Å². The Morgan fingerprint density at radius 2 is 2.30 bits per heavy atom. The zero-order chi connectivity index (χ0) is 7.56. The average Bonchev–Trinajstić information content (AvgIpc) is 1.88. The lowest BCUT2D eigenvalue weighted by Crippen LogP contribution is -2.28. The molecule has 1 aliphatic heterocycles. The molecular weight excluding hydrogens is 143 g/mol. The molecule has 0 aromatic heterocycles.